The summed E-state index contributed by atoms with van der Waals surface area (Å²) in [6.07, 6.45) is 4.33. The Morgan fingerprint density at radius 1 is 0.198 bits per heavy atom. The molecule has 0 atom stereocenters. The molecule has 6 nitrogen and oxygen atoms in total. The first-order chi connectivity index (χ1) is 45.6. The van der Waals surface area contributed by atoms with Gasteiger partial charge < -0.3 is 0 Å². The van der Waals surface area contributed by atoms with Gasteiger partial charge in [0.2, 0.25) is 34.2 Å². The van der Waals surface area contributed by atoms with Crippen LogP contribution in [0.15, 0.2) is 219 Å². The quantitative estimate of drug-likeness (QED) is 0.148. The number of nitrogens with zero attached hydrogens (tertiary/aromatic N) is 6. The zero-order chi connectivity index (χ0) is 70.2. The number of aryl methyl sites for hydroxylation is 18. The zero-order valence-corrected chi connectivity index (χ0v) is 62.5. The van der Waals surface area contributed by atoms with Crippen LogP contribution < -0.4 is 27.4 Å². The maximum atomic E-state index is 2.25. The number of rotatable bonds is 6. The third-order valence-corrected chi connectivity index (χ3v) is 19.0. The summed E-state index contributed by atoms with van der Waals surface area (Å²) in [5.74, 6) is 0. The Bertz CT molecular complexity index is 4410. The van der Waals surface area contributed by atoms with Gasteiger partial charge in [0.15, 0.2) is 35.2 Å². The normalized spacial score (nSPS) is 10.5. The monoisotopic (exact) mass is 1270 g/mol. The Morgan fingerprint density at radius 2 is 0.500 bits per heavy atom. The molecule has 0 fully saturated rings. The lowest BCUT2D eigenvalue weighted by Crippen LogP contribution is -2.34. The molecule has 6 aromatic heterocycles. The van der Waals surface area contributed by atoms with Crippen molar-refractivity contribution in [2.75, 3.05) is 0 Å². The molecule has 0 saturated heterocycles. The van der Waals surface area contributed by atoms with E-state index in [2.05, 4.69) is 413 Å². The first-order valence-corrected chi connectivity index (χ1v) is 33.8. The van der Waals surface area contributed by atoms with Crippen molar-refractivity contribution in [3.05, 3.63) is 319 Å². The third-order valence-electron chi connectivity index (χ3n) is 19.0. The van der Waals surface area contributed by atoms with E-state index < -0.39 is 0 Å². The minimum Gasteiger partial charge on any atom is -0.201 e. The van der Waals surface area contributed by atoms with Crippen LogP contribution >= 0.6 is 0 Å². The van der Waals surface area contributed by atoms with Crippen LogP contribution in [0.3, 0.4) is 0 Å². The number of hydrogen-bond acceptors (Lipinski definition) is 0. The van der Waals surface area contributed by atoms with E-state index in [-0.39, 0.29) is 0 Å². The molecule has 0 spiro atoms. The van der Waals surface area contributed by atoms with Crippen molar-refractivity contribution in [1.29, 1.82) is 0 Å². The summed E-state index contributed by atoms with van der Waals surface area (Å²) in [4.78, 5) is 0. The lowest BCUT2D eigenvalue weighted by atomic mass is 9.99. The highest BCUT2D eigenvalue weighted by atomic mass is 15.0. The van der Waals surface area contributed by atoms with Crippen LogP contribution in [0.5, 0.6) is 0 Å². The number of hydrogen-bond donors (Lipinski definition) is 0. The summed E-state index contributed by atoms with van der Waals surface area (Å²) < 4.78 is 13.3. The first-order valence-electron chi connectivity index (χ1n) is 33.8. The van der Waals surface area contributed by atoms with Gasteiger partial charge in [-0.2, -0.15) is 18.3 Å². The van der Waals surface area contributed by atoms with Crippen LogP contribution in [0, 0.1) is 125 Å². The van der Waals surface area contributed by atoms with Gasteiger partial charge >= 0.3 is 0 Å². The summed E-state index contributed by atoms with van der Waals surface area (Å²) in [6, 6.07) is 73.6. The molecule has 0 N–H and O–H groups in total. The molecular weight excluding hydrogens is 1170 g/mol. The highest BCUT2D eigenvalue weighted by Gasteiger charge is 2.19. The Balaban J connectivity index is 0.000000163. The van der Waals surface area contributed by atoms with Gasteiger partial charge in [-0.05, 0) is 214 Å². The van der Waals surface area contributed by atoms with Crippen molar-refractivity contribution in [2.24, 2.45) is 42.3 Å². The van der Waals surface area contributed by atoms with Crippen LogP contribution in [0.1, 0.15) is 101 Å². The fraction of sp³-hybridized carbons (Fsp3) is 0.267. The van der Waals surface area contributed by atoms with Crippen molar-refractivity contribution >= 4 is 0 Å². The van der Waals surface area contributed by atoms with Gasteiger partial charge in [-0.3, -0.25) is 0 Å². The topological polar surface area (TPSA) is 23.3 Å². The fourth-order valence-corrected chi connectivity index (χ4v) is 12.4. The van der Waals surface area contributed by atoms with Crippen LogP contribution in [0.25, 0.3) is 67.5 Å². The predicted molar refractivity (Wildman–Crippen MR) is 404 cm³/mol. The average Bonchev–Trinajstić information content (AvgIpc) is 0.859. The molecule has 0 aliphatic carbocycles. The van der Waals surface area contributed by atoms with Gasteiger partial charge in [-0.15, -0.1) is 0 Å². The van der Waals surface area contributed by atoms with E-state index in [4.69, 9.17) is 0 Å². The second-order valence-electron chi connectivity index (χ2n) is 26.6. The number of pyridine rings is 6. The van der Waals surface area contributed by atoms with Crippen molar-refractivity contribution in [2.45, 2.75) is 125 Å². The molecule has 0 aliphatic rings. The third kappa shape index (κ3) is 18.6. The van der Waals surface area contributed by atoms with Gasteiger partial charge in [0.1, 0.15) is 42.3 Å². The zero-order valence-electron chi connectivity index (χ0n) is 62.5. The second-order valence-corrected chi connectivity index (χ2v) is 26.6. The molecule has 96 heavy (non-hydrogen) atoms. The van der Waals surface area contributed by atoms with E-state index in [1.54, 1.807) is 0 Å². The van der Waals surface area contributed by atoms with Crippen LogP contribution in [0.2, 0.25) is 0 Å². The highest BCUT2D eigenvalue weighted by Crippen LogP contribution is 2.28. The largest absolute Gasteiger partial charge is 0.212 e. The Morgan fingerprint density at radius 3 is 0.917 bits per heavy atom. The smallest absolute Gasteiger partial charge is 0.201 e. The standard InChI is InChI=1S/6C15H18N/c1-11-5-7-14(13(3)9-11)15-8-6-12(2)10-16(15)4;1-11-7-5-9-14(13(11)3)15-10-6-8-12(2)16(15)4;1-11-7-5-8-12(2)15(11)14-10-6-9-13(3)16(14)4;1-11-8-9-14(12(2)10-11)15-7-5-6-13(3)16(15)4;1-11-8-9-12(2)14(10-11)15-7-5-6-13(3)16(15)4;1-11-8-9-15(16(4)10-11)14-7-5-6-12(2)13(14)3/h6*5-10H,1-4H3/q6*+1. The molecule has 6 aromatic carbocycles. The van der Waals surface area contributed by atoms with Gasteiger partial charge in [-0.25, -0.2) is 9.13 Å². The number of benzene rings is 6. The minimum atomic E-state index is 1.27. The lowest BCUT2D eigenvalue weighted by molar-refractivity contribution is -0.666. The highest BCUT2D eigenvalue weighted by molar-refractivity contribution is 5.67. The SMILES string of the molecule is Cc1ccc(-c2ccc(C)c[n+]2C)c(C)c1.Cc1ccc(-c2cccc(C)[n+]2C)c(C)c1.Cc1ccc(-c2cccc(C)c2C)[n+](C)c1.Cc1ccc(C)c(-c2cccc(C)[n+]2C)c1.Cc1cccc(-c2cccc(C)[n+]2C)c1C.Cc1cccc(C)c1-c1cccc(C)[n+]1C. The maximum absolute atomic E-state index is 2.25. The maximum Gasteiger partial charge on any atom is 0.212 e. The van der Waals surface area contributed by atoms with Crippen molar-refractivity contribution < 1.29 is 27.4 Å². The summed E-state index contributed by atoms with van der Waals surface area (Å²) in [7, 11) is 12.7. The molecule has 0 bridgehead atoms. The van der Waals surface area contributed by atoms with Gasteiger partial charge in [-0.1, -0.05) is 95.6 Å². The van der Waals surface area contributed by atoms with E-state index in [0.717, 1.165) is 0 Å². The first kappa shape index (κ1) is 73.6. The van der Waals surface area contributed by atoms with E-state index in [1.165, 1.54) is 168 Å². The lowest BCUT2D eigenvalue weighted by Gasteiger charge is -2.08. The summed E-state index contributed by atoms with van der Waals surface area (Å²) in [5.41, 5.74) is 39.3. The molecule has 0 amide bonds. The van der Waals surface area contributed by atoms with Gasteiger partial charge in [0.25, 0.3) is 0 Å². The number of aromatic nitrogens is 6. The van der Waals surface area contributed by atoms with Crippen LogP contribution in [-0.2, 0) is 42.3 Å². The molecule has 0 unspecified atom stereocenters. The molecule has 0 radical (unpaired) electrons. The summed E-state index contributed by atoms with van der Waals surface area (Å²) in [6.45, 7) is 38.7. The Labute approximate surface area is 577 Å². The van der Waals surface area contributed by atoms with E-state index in [1.807, 2.05) is 0 Å². The predicted octanol–water partition coefficient (Wildman–Crippen LogP) is 18.6. The van der Waals surface area contributed by atoms with Gasteiger partial charge in [0.05, 0.1) is 5.56 Å². The minimum absolute atomic E-state index is 1.27. The van der Waals surface area contributed by atoms with Crippen molar-refractivity contribution in [1.82, 2.24) is 0 Å². The molecular formula is C90H108N6+6. The van der Waals surface area contributed by atoms with E-state index >= 15 is 0 Å². The summed E-state index contributed by atoms with van der Waals surface area (Å²) >= 11 is 0. The molecule has 0 saturated carbocycles. The second kappa shape index (κ2) is 33.6. The summed E-state index contributed by atoms with van der Waals surface area (Å²) in [5, 5.41) is 0. The average molecular weight is 1270 g/mol. The van der Waals surface area contributed by atoms with Crippen LogP contribution in [-0.4, -0.2) is 0 Å². The Hall–Kier alpha value is -9.78. The van der Waals surface area contributed by atoms with E-state index in [0.29, 0.717) is 0 Å². The molecule has 12 aromatic rings. The van der Waals surface area contributed by atoms with Gasteiger partial charge in [0, 0.05) is 127 Å². The molecule has 6 heterocycles. The molecule has 492 valence electrons. The van der Waals surface area contributed by atoms with Crippen LogP contribution in [0.4, 0.5) is 0 Å². The molecule has 6 heteroatoms. The van der Waals surface area contributed by atoms with E-state index in [9.17, 15) is 0 Å². The molecule has 12 rings (SSSR count). The van der Waals surface area contributed by atoms with Crippen molar-refractivity contribution in [3.63, 3.8) is 0 Å². The van der Waals surface area contributed by atoms with Crippen molar-refractivity contribution in [3.8, 4) is 67.5 Å². The molecule has 0 aliphatic heterocycles. The Kier molecular flexibility index (Phi) is 25.7. The fourth-order valence-electron chi connectivity index (χ4n) is 12.4.